The summed E-state index contributed by atoms with van der Waals surface area (Å²) >= 11 is 0. The fraction of sp³-hybridized carbons (Fsp3) is 0.423. The van der Waals surface area contributed by atoms with Crippen molar-refractivity contribution in [1.29, 1.82) is 0 Å². The van der Waals surface area contributed by atoms with Crippen molar-refractivity contribution in [2.24, 2.45) is 0 Å². The van der Waals surface area contributed by atoms with E-state index in [2.05, 4.69) is 51.8 Å². The number of fused-ring (bicyclic) bond motifs is 1. The molecule has 3 heterocycles. The molecule has 6 nitrogen and oxygen atoms in total. The Bertz CT molecular complexity index is 1080. The molecule has 4 rings (SSSR count). The van der Waals surface area contributed by atoms with Gasteiger partial charge in [0.15, 0.2) is 0 Å². The molecule has 0 spiro atoms. The molecule has 32 heavy (non-hydrogen) atoms. The quantitative estimate of drug-likeness (QED) is 0.437. The van der Waals surface area contributed by atoms with Gasteiger partial charge in [-0.15, -0.1) is 16.8 Å². The van der Waals surface area contributed by atoms with Crippen molar-refractivity contribution >= 4 is 16.8 Å². The minimum absolute atomic E-state index is 0.152. The van der Waals surface area contributed by atoms with Crippen LogP contribution in [0.25, 0.3) is 10.9 Å². The van der Waals surface area contributed by atoms with Crippen molar-refractivity contribution in [1.82, 2.24) is 20.1 Å². The van der Waals surface area contributed by atoms with Gasteiger partial charge in [0, 0.05) is 36.0 Å². The molecule has 6 heteroatoms. The summed E-state index contributed by atoms with van der Waals surface area (Å²) in [4.78, 5) is 18.5. The number of nitrogens with one attached hydrogen (secondary N) is 1. The van der Waals surface area contributed by atoms with Crippen LogP contribution in [-0.4, -0.2) is 38.1 Å². The number of amides is 1. The monoisotopic (exact) mass is 432 g/mol. The van der Waals surface area contributed by atoms with Gasteiger partial charge in [0.05, 0.1) is 12.5 Å². The smallest absolute Gasteiger partial charge is 0.223 e. The van der Waals surface area contributed by atoms with Crippen molar-refractivity contribution in [3.05, 3.63) is 72.6 Å². The SMILES string of the molecule is C=CC[C@H]1CC=C[C@H](CCCC)N1C(=O)CCc1nnc(Cc2c[nH]c3ccccc23)o1. The Labute approximate surface area is 189 Å². The summed E-state index contributed by atoms with van der Waals surface area (Å²) in [5.41, 5.74) is 2.22. The molecule has 0 unspecified atom stereocenters. The van der Waals surface area contributed by atoms with Crippen LogP contribution in [0.4, 0.5) is 0 Å². The second-order valence-electron chi connectivity index (χ2n) is 8.48. The number of carbonyl (C=O) groups excluding carboxylic acids is 1. The molecule has 1 N–H and O–H groups in total. The van der Waals surface area contributed by atoms with Gasteiger partial charge >= 0.3 is 0 Å². The van der Waals surface area contributed by atoms with Crippen molar-refractivity contribution in [2.75, 3.05) is 0 Å². The first-order valence-electron chi connectivity index (χ1n) is 11.6. The standard InChI is InChI=1S/C26H32N4O2/c1-3-5-10-21-12-8-11-20(9-4-2)30(21)26(31)16-15-24-28-29-25(32-24)17-19-18-27-23-14-7-6-13-22(19)23/h4,6-8,12-14,18,20-21,27H,2-3,5,9-11,15-17H2,1H3/t20-,21-/m0/s1. The zero-order valence-corrected chi connectivity index (χ0v) is 18.8. The molecule has 1 aliphatic heterocycles. The molecule has 168 valence electrons. The molecular formula is C26H32N4O2. The van der Waals surface area contributed by atoms with Gasteiger partial charge in [0.1, 0.15) is 0 Å². The number of nitrogens with zero attached hydrogens (tertiary/aromatic N) is 3. The van der Waals surface area contributed by atoms with Gasteiger partial charge in [0.2, 0.25) is 17.7 Å². The fourth-order valence-electron chi connectivity index (χ4n) is 4.55. The number of hydrogen-bond donors (Lipinski definition) is 1. The predicted molar refractivity (Wildman–Crippen MR) is 126 cm³/mol. The van der Waals surface area contributed by atoms with Crippen molar-refractivity contribution in [2.45, 2.75) is 70.4 Å². The maximum Gasteiger partial charge on any atom is 0.223 e. The van der Waals surface area contributed by atoms with E-state index in [1.165, 1.54) is 0 Å². The van der Waals surface area contributed by atoms with Crippen LogP contribution in [0.3, 0.4) is 0 Å². The number of benzene rings is 1. The van der Waals surface area contributed by atoms with Gasteiger partial charge < -0.3 is 14.3 Å². The number of H-pyrrole nitrogens is 1. The number of aryl methyl sites for hydroxylation is 1. The largest absolute Gasteiger partial charge is 0.425 e. The van der Waals surface area contributed by atoms with Crippen molar-refractivity contribution < 1.29 is 9.21 Å². The fourth-order valence-corrected chi connectivity index (χ4v) is 4.55. The van der Waals surface area contributed by atoms with E-state index in [1.54, 1.807) is 0 Å². The third-order valence-electron chi connectivity index (χ3n) is 6.18. The van der Waals surface area contributed by atoms with Gasteiger partial charge in [-0.25, -0.2) is 0 Å². The summed E-state index contributed by atoms with van der Waals surface area (Å²) in [6.07, 6.45) is 14.6. The first-order chi connectivity index (χ1) is 15.7. The highest BCUT2D eigenvalue weighted by Gasteiger charge is 2.30. The molecule has 1 aliphatic rings. The van der Waals surface area contributed by atoms with E-state index in [1.807, 2.05) is 30.5 Å². The number of aromatic nitrogens is 3. The van der Waals surface area contributed by atoms with Crippen LogP contribution >= 0.6 is 0 Å². The van der Waals surface area contributed by atoms with Gasteiger partial charge in [0.25, 0.3) is 0 Å². The summed E-state index contributed by atoms with van der Waals surface area (Å²) in [5.74, 6) is 1.24. The van der Waals surface area contributed by atoms with E-state index in [0.29, 0.717) is 31.0 Å². The van der Waals surface area contributed by atoms with Crippen LogP contribution in [0.1, 0.15) is 62.8 Å². The van der Waals surface area contributed by atoms with E-state index in [0.717, 1.165) is 48.6 Å². The Kier molecular flexibility index (Phi) is 7.20. The number of hydrogen-bond acceptors (Lipinski definition) is 4. The summed E-state index contributed by atoms with van der Waals surface area (Å²) < 4.78 is 5.87. The first-order valence-corrected chi connectivity index (χ1v) is 11.6. The van der Waals surface area contributed by atoms with Crippen LogP contribution in [-0.2, 0) is 17.6 Å². The lowest BCUT2D eigenvalue weighted by Gasteiger charge is -2.39. The number of carbonyl (C=O) groups is 1. The van der Waals surface area contributed by atoms with Crippen molar-refractivity contribution in [3.63, 3.8) is 0 Å². The van der Waals surface area contributed by atoms with E-state index in [9.17, 15) is 4.79 Å². The van der Waals surface area contributed by atoms with Gasteiger partial charge in [-0.1, -0.05) is 56.2 Å². The average Bonchev–Trinajstić information content (AvgIpc) is 3.44. The second kappa shape index (κ2) is 10.4. The van der Waals surface area contributed by atoms with E-state index >= 15 is 0 Å². The lowest BCUT2D eigenvalue weighted by molar-refractivity contribution is -0.135. The molecule has 1 amide bonds. The molecule has 0 radical (unpaired) electrons. The normalized spacial score (nSPS) is 18.3. The van der Waals surface area contributed by atoms with E-state index < -0.39 is 0 Å². The lowest BCUT2D eigenvalue weighted by Crippen LogP contribution is -2.48. The first kappa shape index (κ1) is 22.1. The van der Waals surface area contributed by atoms with Crippen LogP contribution in [0.5, 0.6) is 0 Å². The minimum Gasteiger partial charge on any atom is -0.425 e. The average molecular weight is 433 g/mol. The Morgan fingerprint density at radius 2 is 2.16 bits per heavy atom. The Hall–Kier alpha value is -3.15. The van der Waals surface area contributed by atoms with Crippen LogP contribution in [0, 0.1) is 0 Å². The zero-order valence-electron chi connectivity index (χ0n) is 18.8. The summed E-state index contributed by atoms with van der Waals surface area (Å²) in [6.45, 7) is 6.07. The van der Waals surface area contributed by atoms with Gasteiger partial charge in [-0.3, -0.25) is 4.79 Å². The van der Waals surface area contributed by atoms with Crippen LogP contribution in [0.15, 0.2) is 59.7 Å². The summed E-state index contributed by atoms with van der Waals surface area (Å²) in [7, 11) is 0. The van der Waals surface area contributed by atoms with Crippen LogP contribution < -0.4 is 0 Å². The molecule has 0 bridgehead atoms. The lowest BCUT2D eigenvalue weighted by atomic mass is 9.95. The van der Waals surface area contributed by atoms with Gasteiger partial charge in [-0.2, -0.15) is 0 Å². The molecule has 3 aromatic rings. The summed E-state index contributed by atoms with van der Waals surface area (Å²) in [5, 5.41) is 9.56. The van der Waals surface area contributed by atoms with Crippen molar-refractivity contribution in [3.8, 4) is 0 Å². The Morgan fingerprint density at radius 1 is 1.31 bits per heavy atom. The number of para-hydroxylation sites is 1. The molecule has 0 aliphatic carbocycles. The molecule has 2 aromatic heterocycles. The Morgan fingerprint density at radius 3 is 3.00 bits per heavy atom. The number of unbranched alkanes of at least 4 members (excludes halogenated alkanes) is 1. The molecule has 0 fully saturated rings. The maximum absolute atomic E-state index is 13.2. The summed E-state index contributed by atoms with van der Waals surface area (Å²) in [6, 6.07) is 8.52. The van der Waals surface area contributed by atoms with E-state index in [-0.39, 0.29) is 18.0 Å². The molecule has 2 atom stereocenters. The predicted octanol–water partition coefficient (Wildman–Crippen LogP) is 5.37. The highest BCUT2D eigenvalue weighted by molar-refractivity contribution is 5.83. The Balaban J connectivity index is 1.39. The second-order valence-corrected chi connectivity index (χ2v) is 8.48. The third-order valence-corrected chi connectivity index (χ3v) is 6.18. The third kappa shape index (κ3) is 5.01. The maximum atomic E-state index is 13.2. The minimum atomic E-state index is 0.152. The number of rotatable bonds is 10. The molecular weight excluding hydrogens is 400 g/mol. The van der Waals surface area contributed by atoms with E-state index in [4.69, 9.17) is 4.42 Å². The molecule has 0 saturated heterocycles. The number of aromatic amines is 1. The van der Waals surface area contributed by atoms with Crippen LogP contribution in [0.2, 0.25) is 0 Å². The molecule has 0 saturated carbocycles. The van der Waals surface area contributed by atoms with Gasteiger partial charge in [-0.05, 0) is 30.9 Å². The highest BCUT2D eigenvalue weighted by atomic mass is 16.4. The zero-order chi connectivity index (χ0) is 22.3. The highest BCUT2D eigenvalue weighted by Crippen LogP contribution is 2.25. The topological polar surface area (TPSA) is 75.0 Å². The molecule has 1 aromatic carbocycles.